The van der Waals surface area contributed by atoms with Crippen molar-refractivity contribution in [3.05, 3.63) is 29.8 Å². The molecule has 2 heteroatoms. The van der Waals surface area contributed by atoms with E-state index in [1.165, 1.54) is 37.8 Å². The van der Waals surface area contributed by atoms with Crippen molar-refractivity contribution in [1.29, 1.82) is 0 Å². The molecule has 0 unspecified atom stereocenters. The van der Waals surface area contributed by atoms with Crippen LogP contribution in [0.1, 0.15) is 37.7 Å². The van der Waals surface area contributed by atoms with E-state index >= 15 is 0 Å². The van der Waals surface area contributed by atoms with Gasteiger partial charge in [0.25, 0.3) is 0 Å². The first-order valence-electron chi connectivity index (χ1n) is 9.16. The summed E-state index contributed by atoms with van der Waals surface area (Å²) in [6, 6.07) is 8.40. The van der Waals surface area contributed by atoms with Gasteiger partial charge in [-0.2, -0.15) is 0 Å². The minimum Gasteiger partial charge on any atom is -0.496 e. The van der Waals surface area contributed by atoms with Crippen molar-refractivity contribution in [2.75, 3.05) is 20.2 Å². The second-order valence-corrected chi connectivity index (χ2v) is 7.86. The van der Waals surface area contributed by atoms with Crippen LogP contribution in [-0.2, 0) is 6.42 Å². The van der Waals surface area contributed by atoms with E-state index in [1.54, 1.807) is 13.5 Å². The zero-order chi connectivity index (χ0) is 14.9. The van der Waals surface area contributed by atoms with Crippen LogP contribution in [-0.4, -0.2) is 20.2 Å². The molecule has 22 heavy (non-hydrogen) atoms. The van der Waals surface area contributed by atoms with Gasteiger partial charge in [0, 0.05) is 0 Å². The number of hydrogen-bond acceptors (Lipinski definition) is 2. The van der Waals surface area contributed by atoms with Gasteiger partial charge < -0.3 is 10.1 Å². The normalized spacial score (nSPS) is 35.8. The molecule has 1 N–H and O–H groups in total. The Morgan fingerprint density at radius 1 is 1.00 bits per heavy atom. The quantitative estimate of drug-likeness (QED) is 0.804. The van der Waals surface area contributed by atoms with Gasteiger partial charge in [-0.1, -0.05) is 18.2 Å². The van der Waals surface area contributed by atoms with Gasteiger partial charge in [-0.25, -0.2) is 0 Å². The summed E-state index contributed by atoms with van der Waals surface area (Å²) in [6.45, 7) is 2.31. The van der Waals surface area contributed by atoms with Crippen molar-refractivity contribution in [3.63, 3.8) is 0 Å². The summed E-state index contributed by atoms with van der Waals surface area (Å²) in [6.07, 6.45) is 8.76. The molecule has 0 spiro atoms. The zero-order valence-corrected chi connectivity index (χ0v) is 13.8. The molecule has 4 aliphatic carbocycles. The molecule has 1 aromatic rings. The maximum Gasteiger partial charge on any atom is 0.122 e. The molecule has 4 bridgehead atoms. The number of rotatable bonds is 6. The van der Waals surface area contributed by atoms with Gasteiger partial charge in [0.15, 0.2) is 0 Å². The largest absolute Gasteiger partial charge is 0.496 e. The molecule has 2 nitrogen and oxygen atoms in total. The van der Waals surface area contributed by atoms with Crippen LogP contribution in [0, 0.1) is 29.6 Å². The number of nitrogens with one attached hydrogen (secondary N) is 1. The predicted octanol–water partition coefficient (Wildman–Crippen LogP) is 3.90. The first-order chi connectivity index (χ1) is 10.8. The van der Waals surface area contributed by atoms with Gasteiger partial charge >= 0.3 is 0 Å². The Morgan fingerprint density at radius 3 is 2.36 bits per heavy atom. The Morgan fingerprint density at radius 2 is 1.68 bits per heavy atom. The Labute approximate surface area is 134 Å². The highest BCUT2D eigenvalue weighted by Crippen LogP contribution is 2.56. The lowest BCUT2D eigenvalue weighted by atomic mass is 9.52. The Hall–Kier alpha value is -1.02. The standard InChI is InChI=1S/C20H29NO/c1-22-20-5-3-2-4-16(20)6-7-21-13-19-17-9-14-8-15(11-17)12-18(19)10-14/h2-5,14-15,17-19,21H,6-13H2,1H3. The fourth-order valence-electron chi connectivity index (χ4n) is 5.77. The molecule has 4 saturated carbocycles. The van der Waals surface area contributed by atoms with E-state index in [0.29, 0.717) is 0 Å². The third-order valence-electron chi connectivity index (χ3n) is 6.57. The monoisotopic (exact) mass is 299 g/mol. The number of hydrogen-bond donors (Lipinski definition) is 1. The van der Waals surface area contributed by atoms with Crippen LogP contribution >= 0.6 is 0 Å². The average Bonchev–Trinajstić information content (AvgIpc) is 2.53. The highest BCUT2D eigenvalue weighted by molar-refractivity contribution is 5.33. The summed E-state index contributed by atoms with van der Waals surface area (Å²) in [5.74, 6) is 6.24. The molecular weight excluding hydrogens is 270 g/mol. The maximum atomic E-state index is 5.44. The summed E-state index contributed by atoms with van der Waals surface area (Å²) in [5.41, 5.74) is 1.32. The molecule has 0 aromatic heterocycles. The molecule has 0 heterocycles. The summed E-state index contributed by atoms with van der Waals surface area (Å²) in [4.78, 5) is 0. The van der Waals surface area contributed by atoms with E-state index in [4.69, 9.17) is 4.74 Å². The van der Waals surface area contributed by atoms with Gasteiger partial charge in [-0.3, -0.25) is 0 Å². The third kappa shape index (κ3) is 2.78. The van der Waals surface area contributed by atoms with Crippen molar-refractivity contribution in [2.45, 2.75) is 38.5 Å². The first kappa shape index (κ1) is 14.6. The molecule has 0 atom stereocenters. The molecule has 1 aromatic carbocycles. The van der Waals surface area contributed by atoms with Crippen LogP contribution in [0.4, 0.5) is 0 Å². The Bertz CT molecular complexity index is 484. The lowest BCUT2D eigenvalue weighted by molar-refractivity contribution is -0.0353. The van der Waals surface area contributed by atoms with Crippen LogP contribution in [0.3, 0.4) is 0 Å². The minimum absolute atomic E-state index is 0.963. The van der Waals surface area contributed by atoms with E-state index in [-0.39, 0.29) is 0 Å². The minimum atomic E-state index is 0.963. The Balaban J connectivity index is 1.27. The van der Waals surface area contributed by atoms with Crippen LogP contribution in [0.2, 0.25) is 0 Å². The topological polar surface area (TPSA) is 21.3 Å². The van der Waals surface area contributed by atoms with E-state index in [2.05, 4.69) is 23.5 Å². The molecule has 4 aliphatic rings. The molecule has 4 fully saturated rings. The zero-order valence-electron chi connectivity index (χ0n) is 13.8. The maximum absolute atomic E-state index is 5.44. The number of para-hydroxylation sites is 1. The highest BCUT2D eigenvalue weighted by atomic mass is 16.5. The third-order valence-corrected chi connectivity index (χ3v) is 6.57. The smallest absolute Gasteiger partial charge is 0.122 e. The molecule has 0 radical (unpaired) electrons. The fourth-order valence-corrected chi connectivity index (χ4v) is 5.77. The second kappa shape index (κ2) is 6.23. The van der Waals surface area contributed by atoms with Crippen LogP contribution in [0.5, 0.6) is 5.75 Å². The predicted molar refractivity (Wildman–Crippen MR) is 90.1 cm³/mol. The average molecular weight is 299 g/mol. The summed E-state index contributed by atoms with van der Waals surface area (Å²) >= 11 is 0. The van der Waals surface area contributed by atoms with Crippen molar-refractivity contribution >= 4 is 0 Å². The van der Waals surface area contributed by atoms with E-state index < -0.39 is 0 Å². The summed E-state index contributed by atoms with van der Waals surface area (Å²) < 4.78 is 5.44. The van der Waals surface area contributed by atoms with Crippen LogP contribution in [0.15, 0.2) is 24.3 Å². The van der Waals surface area contributed by atoms with Gasteiger partial charge in [0.05, 0.1) is 7.11 Å². The number of methoxy groups -OCH3 is 1. The lowest BCUT2D eigenvalue weighted by Gasteiger charge is -2.54. The van der Waals surface area contributed by atoms with Crippen LogP contribution in [0.25, 0.3) is 0 Å². The highest BCUT2D eigenvalue weighted by Gasteiger charge is 2.47. The van der Waals surface area contributed by atoms with Crippen molar-refractivity contribution in [2.24, 2.45) is 29.6 Å². The molecule has 5 rings (SSSR count). The van der Waals surface area contributed by atoms with Gasteiger partial charge in [-0.15, -0.1) is 0 Å². The van der Waals surface area contributed by atoms with Gasteiger partial charge in [0.2, 0.25) is 0 Å². The van der Waals surface area contributed by atoms with E-state index in [9.17, 15) is 0 Å². The summed E-state index contributed by atoms with van der Waals surface area (Å²) in [5, 5.41) is 3.76. The number of ether oxygens (including phenoxy) is 1. The molecule has 0 amide bonds. The second-order valence-electron chi connectivity index (χ2n) is 7.86. The fraction of sp³-hybridized carbons (Fsp3) is 0.700. The van der Waals surface area contributed by atoms with Gasteiger partial charge in [0.1, 0.15) is 5.75 Å². The number of benzene rings is 1. The SMILES string of the molecule is COc1ccccc1CCNCC1C2CC3CC(C2)CC1C3. The Kier molecular flexibility index (Phi) is 4.13. The van der Waals surface area contributed by atoms with Crippen molar-refractivity contribution in [1.82, 2.24) is 5.32 Å². The summed E-state index contributed by atoms with van der Waals surface area (Å²) in [7, 11) is 1.76. The van der Waals surface area contributed by atoms with Gasteiger partial charge in [-0.05, 0) is 92.8 Å². The lowest BCUT2D eigenvalue weighted by Crippen LogP contribution is -2.48. The molecule has 0 aliphatic heterocycles. The first-order valence-corrected chi connectivity index (χ1v) is 9.16. The van der Waals surface area contributed by atoms with E-state index in [0.717, 1.165) is 48.3 Å². The molecular formula is C20H29NO. The van der Waals surface area contributed by atoms with Crippen molar-refractivity contribution in [3.8, 4) is 5.75 Å². The van der Waals surface area contributed by atoms with Crippen molar-refractivity contribution < 1.29 is 4.74 Å². The van der Waals surface area contributed by atoms with Crippen LogP contribution < -0.4 is 10.1 Å². The van der Waals surface area contributed by atoms with E-state index in [1.807, 2.05) is 6.07 Å². The molecule has 120 valence electrons. The molecule has 0 saturated heterocycles.